The molecule has 1 heterocycles. The average Bonchev–Trinajstić information content (AvgIpc) is 2.88. The molecular formula is C15H19NO2S. The molecule has 2 fully saturated rings. The second-order valence-electron chi connectivity index (χ2n) is 5.69. The molecule has 3 rings (SSSR count). The molecular weight excluding hydrogens is 258 g/mol. The van der Waals surface area contributed by atoms with Gasteiger partial charge in [-0.25, -0.2) is 0 Å². The SMILES string of the molecule is O=C(NCc1cccs1)C1C[C@H]2CCC[C@@H](C1)C2=O. The van der Waals surface area contributed by atoms with Gasteiger partial charge in [0.2, 0.25) is 5.91 Å². The normalized spacial score (nSPS) is 30.1. The van der Waals surface area contributed by atoms with Crippen molar-refractivity contribution in [1.82, 2.24) is 5.32 Å². The molecule has 3 nitrogen and oxygen atoms in total. The van der Waals surface area contributed by atoms with Crippen LogP contribution < -0.4 is 5.32 Å². The van der Waals surface area contributed by atoms with Crippen LogP contribution in [0.5, 0.6) is 0 Å². The van der Waals surface area contributed by atoms with Gasteiger partial charge in [0.15, 0.2) is 0 Å². The van der Waals surface area contributed by atoms with Crippen molar-refractivity contribution >= 4 is 23.0 Å². The van der Waals surface area contributed by atoms with Crippen molar-refractivity contribution in [2.24, 2.45) is 17.8 Å². The summed E-state index contributed by atoms with van der Waals surface area (Å²) in [4.78, 5) is 25.4. The van der Waals surface area contributed by atoms with Crippen molar-refractivity contribution < 1.29 is 9.59 Å². The molecule has 1 aromatic rings. The average molecular weight is 277 g/mol. The molecule has 1 aromatic heterocycles. The summed E-state index contributed by atoms with van der Waals surface area (Å²) in [7, 11) is 0. The van der Waals surface area contributed by atoms with E-state index >= 15 is 0 Å². The number of amides is 1. The molecule has 1 amide bonds. The van der Waals surface area contributed by atoms with Crippen LogP contribution >= 0.6 is 11.3 Å². The molecule has 1 unspecified atom stereocenters. The van der Waals surface area contributed by atoms with E-state index in [9.17, 15) is 9.59 Å². The number of nitrogens with one attached hydrogen (secondary N) is 1. The monoisotopic (exact) mass is 277 g/mol. The van der Waals surface area contributed by atoms with E-state index in [1.807, 2.05) is 17.5 Å². The molecule has 4 heteroatoms. The van der Waals surface area contributed by atoms with E-state index in [-0.39, 0.29) is 23.7 Å². The summed E-state index contributed by atoms with van der Waals surface area (Å²) in [6.07, 6.45) is 4.68. The van der Waals surface area contributed by atoms with Gasteiger partial charge in [0.05, 0.1) is 6.54 Å². The van der Waals surface area contributed by atoms with Gasteiger partial charge in [-0.15, -0.1) is 11.3 Å². The Bertz CT molecular complexity index is 452. The van der Waals surface area contributed by atoms with Crippen molar-refractivity contribution in [1.29, 1.82) is 0 Å². The number of Topliss-reactive ketones (excluding diaryl/α,β-unsaturated/α-hetero) is 1. The Morgan fingerprint density at radius 2 is 2.05 bits per heavy atom. The van der Waals surface area contributed by atoms with E-state index in [2.05, 4.69) is 5.32 Å². The summed E-state index contributed by atoms with van der Waals surface area (Å²) in [6, 6.07) is 4.03. The van der Waals surface area contributed by atoms with E-state index in [1.165, 1.54) is 4.88 Å². The van der Waals surface area contributed by atoms with Gasteiger partial charge in [-0.05, 0) is 37.1 Å². The molecule has 2 bridgehead atoms. The van der Waals surface area contributed by atoms with Gasteiger partial charge in [0.1, 0.15) is 5.78 Å². The molecule has 0 spiro atoms. The van der Waals surface area contributed by atoms with E-state index in [0.29, 0.717) is 12.3 Å². The second-order valence-corrected chi connectivity index (χ2v) is 6.72. The lowest BCUT2D eigenvalue weighted by Gasteiger charge is -2.36. The summed E-state index contributed by atoms with van der Waals surface area (Å²) in [6.45, 7) is 0.621. The van der Waals surface area contributed by atoms with Crippen LogP contribution in [0.25, 0.3) is 0 Å². The van der Waals surface area contributed by atoms with E-state index in [1.54, 1.807) is 11.3 Å². The molecule has 102 valence electrons. The second kappa shape index (κ2) is 5.45. The first-order chi connectivity index (χ1) is 9.24. The quantitative estimate of drug-likeness (QED) is 0.923. The van der Waals surface area contributed by atoms with Crippen molar-refractivity contribution in [2.75, 3.05) is 0 Å². The van der Waals surface area contributed by atoms with Crippen molar-refractivity contribution in [3.05, 3.63) is 22.4 Å². The summed E-state index contributed by atoms with van der Waals surface area (Å²) in [5.74, 6) is 0.925. The Hall–Kier alpha value is -1.16. The maximum absolute atomic E-state index is 12.2. The first kappa shape index (κ1) is 12.9. The molecule has 0 saturated heterocycles. The first-order valence-corrected chi connectivity index (χ1v) is 7.96. The highest BCUT2D eigenvalue weighted by Gasteiger charge is 2.41. The van der Waals surface area contributed by atoms with Gasteiger partial charge in [0.25, 0.3) is 0 Å². The van der Waals surface area contributed by atoms with Crippen LogP contribution in [0.1, 0.15) is 37.0 Å². The summed E-state index contributed by atoms with van der Waals surface area (Å²) < 4.78 is 0. The maximum Gasteiger partial charge on any atom is 0.223 e. The Labute approximate surface area is 117 Å². The molecule has 2 aliphatic carbocycles. The maximum atomic E-state index is 12.2. The zero-order valence-corrected chi connectivity index (χ0v) is 11.7. The first-order valence-electron chi connectivity index (χ1n) is 7.08. The van der Waals surface area contributed by atoms with Gasteiger partial charge in [-0.1, -0.05) is 12.5 Å². The zero-order valence-electron chi connectivity index (χ0n) is 10.9. The number of ketones is 1. The van der Waals surface area contributed by atoms with Crippen LogP contribution in [0.3, 0.4) is 0 Å². The number of carbonyl (C=O) groups is 2. The number of carbonyl (C=O) groups excluding carboxylic acids is 2. The van der Waals surface area contributed by atoms with E-state index in [0.717, 1.165) is 32.1 Å². The highest BCUT2D eigenvalue weighted by molar-refractivity contribution is 7.09. The van der Waals surface area contributed by atoms with Crippen LogP contribution in [0.4, 0.5) is 0 Å². The number of hydrogen-bond acceptors (Lipinski definition) is 3. The molecule has 2 saturated carbocycles. The smallest absolute Gasteiger partial charge is 0.223 e. The molecule has 1 N–H and O–H groups in total. The van der Waals surface area contributed by atoms with Crippen LogP contribution in [-0.2, 0) is 16.1 Å². The number of thiophene rings is 1. The number of fused-ring (bicyclic) bond motifs is 2. The van der Waals surface area contributed by atoms with Crippen LogP contribution in [0.15, 0.2) is 17.5 Å². The molecule has 2 aliphatic rings. The summed E-state index contributed by atoms with van der Waals surface area (Å²) in [5, 5.41) is 5.04. The fourth-order valence-electron chi connectivity index (χ4n) is 3.43. The van der Waals surface area contributed by atoms with Gasteiger partial charge in [-0.3, -0.25) is 9.59 Å². The van der Waals surface area contributed by atoms with Crippen molar-refractivity contribution in [3.8, 4) is 0 Å². The standard InChI is InChI=1S/C15H19NO2S/c17-14-10-3-1-4-11(14)8-12(7-10)15(18)16-9-13-5-2-6-19-13/h2,5-6,10-12H,1,3-4,7-9H2,(H,16,18)/t10-,11+,12?. The Kier molecular flexibility index (Phi) is 3.69. The third-order valence-corrected chi connectivity index (χ3v) is 5.31. The Morgan fingerprint density at radius 3 is 2.68 bits per heavy atom. The van der Waals surface area contributed by atoms with Crippen LogP contribution in [0, 0.1) is 17.8 Å². The lowest BCUT2D eigenvalue weighted by molar-refractivity contribution is -0.137. The van der Waals surface area contributed by atoms with Crippen LogP contribution in [0.2, 0.25) is 0 Å². The van der Waals surface area contributed by atoms with E-state index < -0.39 is 0 Å². The van der Waals surface area contributed by atoms with Gasteiger partial charge >= 0.3 is 0 Å². The fourth-order valence-corrected chi connectivity index (χ4v) is 4.07. The molecule has 19 heavy (non-hydrogen) atoms. The molecule has 3 atom stereocenters. The third kappa shape index (κ3) is 2.73. The molecule has 0 aliphatic heterocycles. The topological polar surface area (TPSA) is 46.2 Å². The minimum Gasteiger partial charge on any atom is -0.351 e. The third-order valence-electron chi connectivity index (χ3n) is 4.44. The predicted molar refractivity (Wildman–Crippen MR) is 74.7 cm³/mol. The van der Waals surface area contributed by atoms with E-state index in [4.69, 9.17) is 0 Å². The predicted octanol–water partition coefficient (Wildman–Crippen LogP) is 2.76. The fraction of sp³-hybridized carbons (Fsp3) is 0.600. The highest BCUT2D eigenvalue weighted by Crippen LogP contribution is 2.40. The Morgan fingerprint density at radius 1 is 1.32 bits per heavy atom. The van der Waals surface area contributed by atoms with Crippen molar-refractivity contribution in [2.45, 2.75) is 38.6 Å². The van der Waals surface area contributed by atoms with Gasteiger partial charge < -0.3 is 5.32 Å². The van der Waals surface area contributed by atoms with Gasteiger partial charge in [0, 0.05) is 22.6 Å². The van der Waals surface area contributed by atoms with Gasteiger partial charge in [-0.2, -0.15) is 0 Å². The van der Waals surface area contributed by atoms with Crippen molar-refractivity contribution in [3.63, 3.8) is 0 Å². The minimum absolute atomic E-state index is 0.0490. The largest absolute Gasteiger partial charge is 0.351 e. The van der Waals surface area contributed by atoms with Crippen LogP contribution in [-0.4, -0.2) is 11.7 Å². The molecule has 0 radical (unpaired) electrons. The Balaban J connectivity index is 1.57. The highest BCUT2D eigenvalue weighted by atomic mass is 32.1. The lowest BCUT2D eigenvalue weighted by atomic mass is 9.67. The molecule has 0 aromatic carbocycles. The zero-order chi connectivity index (χ0) is 13.2. The number of hydrogen-bond donors (Lipinski definition) is 1. The summed E-state index contributed by atoms with van der Waals surface area (Å²) in [5.41, 5.74) is 0. The lowest BCUT2D eigenvalue weighted by Crippen LogP contribution is -2.42. The minimum atomic E-state index is 0.0490. The summed E-state index contributed by atoms with van der Waals surface area (Å²) >= 11 is 1.66. The number of rotatable bonds is 3.